The summed E-state index contributed by atoms with van der Waals surface area (Å²) < 4.78 is 43.2. The maximum atomic E-state index is 12.9. The molecule has 0 saturated heterocycles. The van der Waals surface area contributed by atoms with Gasteiger partial charge in [-0.25, -0.2) is 13.2 Å². The zero-order chi connectivity index (χ0) is 27.4. The van der Waals surface area contributed by atoms with Gasteiger partial charge >= 0.3 is 12.0 Å². The lowest BCUT2D eigenvalue weighted by atomic mass is 9.88. The molecule has 4 rings (SSSR count). The van der Waals surface area contributed by atoms with Gasteiger partial charge in [-0.05, 0) is 67.2 Å². The van der Waals surface area contributed by atoms with Crippen molar-refractivity contribution < 1.29 is 27.4 Å². The standard InChI is InChI=1S/C24H27N5O6S3/c1-13-5-10-16-17(11-13)37-21(20(16)22(30)34-3)28-24(36)25-14-6-8-15(9-7-14)38(31,32)29-18-12-19(33-2)27-23(26-18)35-4/h6-9,12-13H,5,10-11H2,1-4H3,(H2,25,28,36)(H,26,27,29). The van der Waals surface area contributed by atoms with Crippen molar-refractivity contribution in [3.05, 3.63) is 46.3 Å². The van der Waals surface area contributed by atoms with Gasteiger partial charge in [0.25, 0.3) is 10.0 Å². The Morgan fingerprint density at radius 2 is 1.84 bits per heavy atom. The van der Waals surface area contributed by atoms with E-state index in [1.165, 1.54) is 50.9 Å². The molecule has 1 aromatic carbocycles. The number of esters is 1. The van der Waals surface area contributed by atoms with E-state index in [0.29, 0.717) is 22.2 Å². The summed E-state index contributed by atoms with van der Waals surface area (Å²) in [7, 11) is 0.162. The van der Waals surface area contributed by atoms with Gasteiger partial charge in [0, 0.05) is 16.6 Å². The van der Waals surface area contributed by atoms with Gasteiger partial charge in [0.15, 0.2) is 10.9 Å². The molecule has 0 bridgehead atoms. The molecule has 0 spiro atoms. The van der Waals surface area contributed by atoms with Crippen LogP contribution in [0.25, 0.3) is 0 Å². The van der Waals surface area contributed by atoms with Crippen LogP contribution in [0.2, 0.25) is 0 Å². The quantitative estimate of drug-likeness (QED) is 0.263. The Hall–Kier alpha value is -3.49. The number of ether oxygens (including phenoxy) is 3. The lowest BCUT2D eigenvalue weighted by molar-refractivity contribution is 0.0600. The Balaban J connectivity index is 1.46. The molecule has 1 aliphatic rings. The van der Waals surface area contributed by atoms with Crippen LogP contribution in [-0.2, 0) is 27.6 Å². The summed E-state index contributed by atoms with van der Waals surface area (Å²) in [5, 5.41) is 7.04. The zero-order valence-corrected chi connectivity index (χ0v) is 23.6. The number of aromatic nitrogens is 2. The van der Waals surface area contributed by atoms with Crippen molar-refractivity contribution in [3.8, 4) is 11.9 Å². The second-order valence-electron chi connectivity index (χ2n) is 8.54. The highest BCUT2D eigenvalue weighted by Crippen LogP contribution is 2.40. The third-order valence-corrected chi connectivity index (χ3v) is 8.61. The summed E-state index contributed by atoms with van der Waals surface area (Å²) in [5.41, 5.74) is 2.10. The molecule has 202 valence electrons. The van der Waals surface area contributed by atoms with E-state index in [-0.39, 0.29) is 27.7 Å². The molecule has 1 unspecified atom stereocenters. The van der Waals surface area contributed by atoms with Gasteiger partial charge in [-0.2, -0.15) is 9.97 Å². The number of sulfonamides is 1. The molecule has 0 aliphatic heterocycles. The number of thiophene rings is 1. The topological polar surface area (TPSA) is 141 Å². The van der Waals surface area contributed by atoms with Crippen molar-refractivity contribution in [1.29, 1.82) is 0 Å². The predicted octanol–water partition coefficient (Wildman–Crippen LogP) is 4.08. The van der Waals surface area contributed by atoms with Gasteiger partial charge in [-0.15, -0.1) is 11.3 Å². The molecule has 0 fully saturated rings. The highest BCUT2D eigenvalue weighted by molar-refractivity contribution is 7.92. The molecule has 2 aromatic heterocycles. The number of hydrogen-bond acceptors (Lipinski definition) is 10. The molecule has 3 N–H and O–H groups in total. The van der Waals surface area contributed by atoms with Crippen LogP contribution in [0.1, 0.15) is 34.1 Å². The number of thiocarbonyl (C=S) groups is 1. The molecule has 14 heteroatoms. The summed E-state index contributed by atoms with van der Waals surface area (Å²) in [6.07, 6.45) is 2.74. The molecular formula is C24H27N5O6S3. The highest BCUT2D eigenvalue weighted by Gasteiger charge is 2.28. The number of benzene rings is 1. The number of methoxy groups -OCH3 is 3. The monoisotopic (exact) mass is 577 g/mol. The molecular weight excluding hydrogens is 550 g/mol. The largest absolute Gasteiger partial charge is 0.481 e. The number of rotatable bonds is 8. The number of carbonyl (C=O) groups excluding carboxylic acids is 1. The van der Waals surface area contributed by atoms with Crippen LogP contribution < -0.4 is 24.8 Å². The third kappa shape index (κ3) is 6.14. The molecule has 3 aromatic rings. The minimum Gasteiger partial charge on any atom is -0.481 e. The van der Waals surface area contributed by atoms with Crippen molar-refractivity contribution in [3.63, 3.8) is 0 Å². The number of nitrogens with one attached hydrogen (secondary N) is 3. The zero-order valence-electron chi connectivity index (χ0n) is 21.2. The Labute approximate surface area is 230 Å². The van der Waals surface area contributed by atoms with Crippen LogP contribution in [0.5, 0.6) is 11.9 Å². The van der Waals surface area contributed by atoms with Crippen molar-refractivity contribution >= 4 is 61.2 Å². The molecule has 2 heterocycles. The first-order valence-electron chi connectivity index (χ1n) is 11.5. The van der Waals surface area contributed by atoms with E-state index in [1.807, 2.05) is 0 Å². The van der Waals surface area contributed by atoms with E-state index in [1.54, 1.807) is 12.1 Å². The van der Waals surface area contributed by atoms with Crippen LogP contribution >= 0.6 is 23.6 Å². The van der Waals surface area contributed by atoms with Gasteiger partial charge in [-0.3, -0.25) is 4.72 Å². The second kappa shape index (κ2) is 11.5. The van der Waals surface area contributed by atoms with E-state index in [2.05, 4.69) is 32.2 Å². The minimum atomic E-state index is -3.96. The molecule has 11 nitrogen and oxygen atoms in total. The normalized spacial score (nSPS) is 14.7. The van der Waals surface area contributed by atoms with E-state index >= 15 is 0 Å². The Morgan fingerprint density at radius 1 is 1.11 bits per heavy atom. The fraction of sp³-hybridized carbons (Fsp3) is 0.333. The lowest BCUT2D eigenvalue weighted by Crippen LogP contribution is -2.20. The van der Waals surface area contributed by atoms with E-state index in [9.17, 15) is 13.2 Å². The van der Waals surface area contributed by atoms with Gasteiger partial charge in [0.1, 0.15) is 5.00 Å². The Morgan fingerprint density at radius 3 is 2.50 bits per heavy atom. The fourth-order valence-electron chi connectivity index (χ4n) is 3.99. The van der Waals surface area contributed by atoms with Crippen LogP contribution in [-0.4, -0.2) is 50.8 Å². The molecule has 0 radical (unpaired) electrons. The molecule has 0 amide bonds. The molecule has 38 heavy (non-hydrogen) atoms. The van der Waals surface area contributed by atoms with Crippen LogP contribution in [0.4, 0.5) is 16.5 Å². The smallest absolute Gasteiger partial charge is 0.341 e. The van der Waals surface area contributed by atoms with E-state index in [0.717, 1.165) is 29.7 Å². The van der Waals surface area contributed by atoms with E-state index in [4.69, 9.17) is 26.4 Å². The van der Waals surface area contributed by atoms with Crippen molar-refractivity contribution in [2.24, 2.45) is 5.92 Å². The number of nitrogens with zero attached hydrogens (tertiary/aromatic N) is 2. The predicted molar refractivity (Wildman–Crippen MR) is 149 cm³/mol. The van der Waals surface area contributed by atoms with Crippen LogP contribution in [0.3, 0.4) is 0 Å². The summed E-state index contributed by atoms with van der Waals surface area (Å²) in [5.74, 6) is 0.290. The number of hydrogen-bond donors (Lipinski definition) is 3. The summed E-state index contributed by atoms with van der Waals surface area (Å²) in [6, 6.07) is 7.30. The summed E-state index contributed by atoms with van der Waals surface area (Å²) in [6.45, 7) is 2.19. The number of fused-ring (bicyclic) bond motifs is 1. The average Bonchev–Trinajstić information content (AvgIpc) is 3.24. The van der Waals surface area contributed by atoms with Crippen molar-refractivity contribution in [2.75, 3.05) is 36.7 Å². The molecule has 1 aliphatic carbocycles. The minimum absolute atomic E-state index is 0.00396. The second-order valence-corrected chi connectivity index (χ2v) is 11.7. The first kappa shape index (κ1) is 27.5. The summed E-state index contributed by atoms with van der Waals surface area (Å²) >= 11 is 6.97. The first-order valence-corrected chi connectivity index (χ1v) is 14.2. The molecule has 0 saturated carbocycles. The highest BCUT2D eigenvalue weighted by atomic mass is 32.2. The average molecular weight is 578 g/mol. The van der Waals surface area contributed by atoms with Gasteiger partial charge in [0.2, 0.25) is 5.88 Å². The fourth-order valence-corrected chi connectivity index (χ4v) is 6.67. The first-order chi connectivity index (χ1) is 18.1. The Kier molecular flexibility index (Phi) is 8.33. The van der Waals surface area contributed by atoms with Crippen LogP contribution in [0.15, 0.2) is 35.2 Å². The SMILES string of the molecule is COC(=O)c1c(NC(=S)Nc2ccc(S(=O)(=O)Nc3cc(OC)nc(OC)n3)cc2)sc2c1CCC(C)C2. The maximum Gasteiger partial charge on any atom is 0.341 e. The third-order valence-electron chi connectivity index (χ3n) is 5.86. The number of anilines is 3. The number of carbonyl (C=O) groups is 1. The van der Waals surface area contributed by atoms with Crippen molar-refractivity contribution in [2.45, 2.75) is 31.1 Å². The lowest BCUT2D eigenvalue weighted by Gasteiger charge is -2.18. The Bertz CT molecular complexity index is 1430. The summed E-state index contributed by atoms with van der Waals surface area (Å²) in [4.78, 5) is 21.6. The molecule has 1 atom stereocenters. The van der Waals surface area contributed by atoms with Gasteiger partial charge in [0.05, 0.1) is 31.8 Å². The maximum absolute atomic E-state index is 12.9. The van der Waals surface area contributed by atoms with Gasteiger partial charge in [-0.1, -0.05) is 6.92 Å². The van der Waals surface area contributed by atoms with E-state index < -0.39 is 16.0 Å². The van der Waals surface area contributed by atoms with Gasteiger partial charge < -0.3 is 24.8 Å². The van der Waals surface area contributed by atoms with Crippen molar-refractivity contribution in [1.82, 2.24) is 9.97 Å². The van der Waals surface area contributed by atoms with Crippen LogP contribution in [0, 0.1) is 5.92 Å².